The fraction of sp³-hybridized carbons (Fsp3) is 0.462. The molecule has 3 nitrogen and oxygen atoms in total. The van der Waals surface area contributed by atoms with E-state index in [9.17, 15) is 4.79 Å². The van der Waals surface area contributed by atoms with Crippen molar-refractivity contribution in [1.82, 2.24) is 5.32 Å². The van der Waals surface area contributed by atoms with Crippen LogP contribution in [-0.2, 0) is 0 Å². The summed E-state index contributed by atoms with van der Waals surface area (Å²) in [4.78, 5) is 12.6. The Labute approximate surface area is 105 Å². The Bertz CT molecular complexity index is 465. The first kappa shape index (κ1) is 12.2. The molecule has 1 aromatic rings. The molecule has 0 spiro atoms. The van der Waals surface area contributed by atoms with Crippen molar-refractivity contribution < 1.29 is 9.90 Å². The fourth-order valence-corrected chi connectivity index (χ4v) is 2.46. The number of amides is 1. The zero-order valence-corrected chi connectivity index (χ0v) is 10.5. The monoisotopic (exact) mass is 249 g/mol. The molecule has 2 N–H and O–H groups in total. The van der Waals surface area contributed by atoms with E-state index in [2.05, 4.69) is 17.2 Å². The Kier molecular flexibility index (Phi) is 3.82. The average Bonchev–Trinajstić information content (AvgIpc) is 3.05. The molecule has 0 radical (unpaired) electrons. The first-order valence-corrected chi connectivity index (χ1v) is 6.58. The number of aliphatic hydroxyl groups is 1. The Morgan fingerprint density at radius 1 is 1.71 bits per heavy atom. The summed E-state index contributed by atoms with van der Waals surface area (Å²) in [5.74, 6) is 5.95. The van der Waals surface area contributed by atoms with E-state index in [-0.39, 0.29) is 18.6 Å². The number of thiophene rings is 1. The molecule has 17 heavy (non-hydrogen) atoms. The highest BCUT2D eigenvalue weighted by Gasteiger charge is 2.29. The van der Waals surface area contributed by atoms with Gasteiger partial charge in [-0.1, -0.05) is 11.8 Å². The smallest absolute Gasteiger partial charge is 0.262 e. The minimum atomic E-state index is -0.185. The quantitative estimate of drug-likeness (QED) is 0.800. The van der Waals surface area contributed by atoms with Gasteiger partial charge in [0.25, 0.3) is 5.91 Å². The molecule has 0 saturated heterocycles. The Morgan fingerprint density at radius 3 is 3.12 bits per heavy atom. The minimum Gasteiger partial charge on any atom is -0.384 e. The van der Waals surface area contributed by atoms with Crippen LogP contribution in [0.5, 0.6) is 0 Å². The number of rotatable bonds is 3. The molecule has 90 valence electrons. The summed E-state index contributed by atoms with van der Waals surface area (Å²) >= 11 is 1.39. The number of nitrogens with one attached hydrogen (secondary N) is 1. The second-order valence-electron chi connectivity index (χ2n) is 4.22. The van der Waals surface area contributed by atoms with Crippen molar-refractivity contribution >= 4 is 17.2 Å². The maximum absolute atomic E-state index is 12.0. The Balaban J connectivity index is 2.05. The maximum atomic E-state index is 12.0. The van der Waals surface area contributed by atoms with Gasteiger partial charge in [0.1, 0.15) is 11.5 Å². The molecule has 0 aromatic carbocycles. The van der Waals surface area contributed by atoms with Crippen LogP contribution in [0.15, 0.2) is 11.4 Å². The third kappa shape index (κ3) is 3.09. The first-order chi connectivity index (χ1) is 8.22. The van der Waals surface area contributed by atoms with Gasteiger partial charge in [0, 0.05) is 11.6 Å². The standard InChI is InChI=1S/C13H15NO2S/c1-9(10-4-5-10)14-13(16)12-11(3-2-7-15)6-8-17-12/h6,8-10,15H,4-5,7H2,1H3,(H,14,16). The lowest BCUT2D eigenvalue weighted by atomic mass is 10.2. The molecule has 1 aliphatic carbocycles. The maximum Gasteiger partial charge on any atom is 0.262 e. The van der Waals surface area contributed by atoms with E-state index in [0.717, 1.165) is 0 Å². The predicted octanol–water partition coefficient (Wildman–Crippen LogP) is 1.62. The van der Waals surface area contributed by atoms with Crippen LogP contribution in [0.2, 0.25) is 0 Å². The SMILES string of the molecule is CC(NC(=O)c1sccc1C#CCO)C1CC1. The number of carbonyl (C=O) groups is 1. The Hall–Kier alpha value is -1.31. The third-order valence-corrected chi connectivity index (χ3v) is 3.77. The fourth-order valence-electron chi connectivity index (χ4n) is 1.70. The van der Waals surface area contributed by atoms with E-state index in [1.807, 2.05) is 18.4 Å². The van der Waals surface area contributed by atoms with E-state index in [4.69, 9.17) is 5.11 Å². The molecule has 1 aliphatic rings. The first-order valence-electron chi connectivity index (χ1n) is 5.70. The highest BCUT2D eigenvalue weighted by atomic mass is 32.1. The van der Waals surface area contributed by atoms with Gasteiger partial charge in [-0.3, -0.25) is 4.79 Å². The van der Waals surface area contributed by atoms with Crippen molar-refractivity contribution in [3.63, 3.8) is 0 Å². The average molecular weight is 249 g/mol. The summed E-state index contributed by atoms with van der Waals surface area (Å²) in [6.45, 7) is 1.86. The van der Waals surface area contributed by atoms with Crippen molar-refractivity contribution in [3.05, 3.63) is 21.9 Å². The third-order valence-electron chi connectivity index (χ3n) is 2.86. The van der Waals surface area contributed by atoms with Crippen LogP contribution in [0, 0.1) is 17.8 Å². The zero-order chi connectivity index (χ0) is 12.3. The van der Waals surface area contributed by atoms with Gasteiger partial charge in [-0.05, 0) is 37.1 Å². The van der Waals surface area contributed by atoms with Crippen molar-refractivity contribution in [3.8, 4) is 11.8 Å². The van der Waals surface area contributed by atoms with E-state index in [1.165, 1.54) is 24.2 Å². The Morgan fingerprint density at radius 2 is 2.47 bits per heavy atom. The van der Waals surface area contributed by atoms with Gasteiger partial charge in [-0.2, -0.15) is 0 Å². The normalized spacial score (nSPS) is 15.9. The van der Waals surface area contributed by atoms with Crippen LogP contribution in [0.1, 0.15) is 35.0 Å². The lowest BCUT2D eigenvalue weighted by molar-refractivity contribution is 0.0940. The second-order valence-corrected chi connectivity index (χ2v) is 5.14. The summed E-state index contributed by atoms with van der Waals surface area (Å²) in [6.07, 6.45) is 2.42. The second kappa shape index (κ2) is 5.35. The summed E-state index contributed by atoms with van der Waals surface area (Å²) in [7, 11) is 0. The molecule has 0 aliphatic heterocycles. The van der Waals surface area contributed by atoms with Crippen molar-refractivity contribution in [2.24, 2.45) is 5.92 Å². The molecule has 0 bridgehead atoms. The lowest BCUT2D eigenvalue weighted by Gasteiger charge is -2.11. The molecule has 2 rings (SSSR count). The highest BCUT2D eigenvalue weighted by molar-refractivity contribution is 7.12. The van der Waals surface area contributed by atoms with Gasteiger partial charge in [0.15, 0.2) is 0 Å². The summed E-state index contributed by atoms with van der Waals surface area (Å²) in [5, 5.41) is 13.5. The van der Waals surface area contributed by atoms with Gasteiger partial charge in [0.05, 0.1) is 0 Å². The number of hydrogen-bond donors (Lipinski definition) is 2. The van der Waals surface area contributed by atoms with Crippen molar-refractivity contribution in [1.29, 1.82) is 0 Å². The van der Waals surface area contributed by atoms with Gasteiger partial charge >= 0.3 is 0 Å². The topological polar surface area (TPSA) is 49.3 Å². The zero-order valence-electron chi connectivity index (χ0n) is 9.69. The van der Waals surface area contributed by atoms with Crippen molar-refractivity contribution in [2.45, 2.75) is 25.8 Å². The molecular formula is C13H15NO2S. The molecule has 1 aromatic heterocycles. The van der Waals surface area contributed by atoms with E-state index in [1.54, 1.807) is 0 Å². The number of carbonyl (C=O) groups excluding carboxylic acids is 1. The van der Waals surface area contributed by atoms with E-state index < -0.39 is 0 Å². The number of aliphatic hydroxyl groups excluding tert-OH is 1. The summed E-state index contributed by atoms with van der Waals surface area (Å²) in [5.41, 5.74) is 0.699. The van der Waals surface area contributed by atoms with Crippen LogP contribution in [0.3, 0.4) is 0 Å². The van der Waals surface area contributed by atoms with Crippen LogP contribution in [0.25, 0.3) is 0 Å². The van der Waals surface area contributed by atoms with E-state index in [0.29, 0.717) is 16.4 Å². The molecule has 1 atom stereocenters. The highest BCUT2D eigenvalue weighted by Crippen LogP contribution is 2.32. The molecule has 1 amide bonds. The van der Waals surface area contributed by atoms with Crippen LogP contribution in [0.4, 0.5) is 0 Å². The van der Waals surface area contributed by atoms with Crippen LogP contribution >= 0.6 is 11.3 Å². The molecule has 1 unspecified atom stereocenters. The summed E-state index contributed by atoms with van der Waals surface area (Å²) in [6, 6.07) is 2.05. The van der Waals surface area contributed by atoms with Gasteiger partial charge in [-0.15, -0.1) is 11.3 Å². The predicted molar refractivity (Wildman–Crippen MR) is 67.9 cm³/mol. The van der Waals surface area contributed by atoms with E-state index >= 15 is 0 Å². The number of hydrogen-bond acceptors (Lipinski definition) is 3. The molecule has 1 saturated carbocycles. The van der Waals surface area contributed by atoms with Crippen LogP contribution in [-0.4, -0.2) is 23.7 Å². The van der Waals surface area contributed by atoms with Crippen LogP contribution < -0.4 is 5.32 Å². The molecule has 1 fully saturated rings. The van der Waals surface area contributed by atoms with Gasteiger partial charge < -0.3 is 10.4 Å². The molecule has 4 heteroatoms. The lowest BCUT2D eigenvalue weighted by Crippen LogP contribution is -2.33. The molecule has 1 heterocycles. The molecular weight excluding hydrogens is 234 g/mol. The van der Waals surface area contributed by atoms with Gasteiger partial charge in [-0.25, -0.2) is 0 Å². The van der Waals surface area contributed by atoms with Gasteiger partial charge in [0.2, 0.25) is 0 Å². The summed E-state index contributed by atoms with van der Waals surface area (Å²) < 4.78 is 0. The van der Waals surface area contributed by atoms with Crippen molar-refractivity contribution in [2.75, 3.05) is 6.61 Å². The largest absolute Gasteiger partial charge is 0.384 e. The minimum absolute atomic E-state index is 0.0540.